The Morgan fingerprint density at radius 2 is 1.76 bits per heavy atom. The lowest BCUT2D eigenvalue weighted by atomic mass is 10.0. The maximum atomic E-state index is 12.7. The zero-order valence-electron chi connectivity index (χ0n) is 11.4. The number of benzene rings is 2. The lowest BCUT2D eigenvalue weighted by molar-refractivity contribution is 0.103. The minimum absolute atomic E-state index is 0.213. The van der Waals surface area contributed by atoms with Crippen molar-refractivity contribution in [1.29, 1.82) is 0 Å². The number of hydrogen-bond acceptors (Lipinski definition) is 4. The second kappa shape index (κ2) is 5.66. The van der Waals surface area contributed by atoms with Gasteiger partial charge in [-0.1, -0.05) is 23.7 Å². The molecule has 1 heterocycles. The number of halogens is 1. The van der Waals surface area contributed by atoms with Crippen LogP contribution in [0.3, 0.4) is 0 Å². The third-order valence-corrected chi connectivity index (χ3v) is 3.54. The number of para-hydroxylation sites is 1. The largest absolute Gasteiger partial charge is 0.496 e. The molecule has 108 valence electrons. The first-order valence-corrected chi connectivity index (χ1v) is 6.85. The number of fused-ring (bicyclic) bond motifs is 1. The Bertz CT molecular complexity index is 697. The molecule has 2 aromatic rings. The number of rotatable bonds is 3. The molecule has 0 fully saturated rings. The van der Waals surface area contributed by atoms with E-state index in [4.69, 9.17) is 25.8 Å². The average molecular weight is 305 g/mol. The molecule has 4 nitrogen and oxygen atoms in total. The number of ketones is 1. The van der Waals surface area contributed by atoms with Crippen LogP contribution < -0.4 is 14.2 Å². The molecule has 2 aromatic carbocycles. The van der Waals surface area contributed by atoms with Gasteiger partial charge in [0, 0.05) is 11.6 Å². The summed E-state index contributed by atoms with van der Waals surface area (Å²) in [5.41, 5.74) is 0.823. The number of carbonyl (C=O) groups excluding carboxylic acids is 1. The molecule has 0 aliphatic carbocycles. The predicted molar refractivity (Wildman–Crippen MR) is 78.9 cm³/mol. The summed E-state index contributed by atoms with van der Waals surface area (Å²) in [6, 6.07) is 10.3. The van der Waals surface area contributed by atoms with Crippen LogP contribution in [0.1, 0.15) is 15.9 Å². The van der Waals surface area contributed by atoms with Crippen molar-refractivity contribution in [3.05, 3.63) is 52.5 Å². The van der Waals surface area contributed by atoms with Crippen LogP contribution in [0.2, 0.25) is 5.02 Å². The van der Waals surface area contributed by atoms with E-state index in [1.54, 1.807) is 36.4 Å². The van der Waals surface area contributed by atoms with Gasteiger partial charge in [0.15, 0.2) is 17.3 Å². The highest BCUT2D eigenvalue weighted by molar-refractivity contribution is 6.35. The van der Waals surface area contributed by atoms with E-state index in [1.165, 1.54) is 7.11 Å². The maximum Gasteiger partial charge on any atom is 0.198 e. The molecular formula is C16H13ClO4. The third-order valence-electron chi connectivity index (χ3n) is 3.23. The Hall–Kier alpha value is -2.20. The Morgan fingerprint density at radius 1 is 1.10 bits per heavy atom. The van der Waals surface area contributed by atoms with E-state index < -0.39 is 0 Å². The average Bonchev–Trinajstić information content (AvgIpc) is 2.53. The van der Waals surface area contributed by atoms with Gasteiger partial charge < -0.3 is 14.2 Å². The fourth-order valence-corrected chi connectivity index (χ4v) is 2.45. The minimum Gasteiger partial charge on any atom is -0.496 e. The molecule has 0 aromatic heterocycles. The van der Waals surface area contributed by atoms with E-state index in [9.17, 15) is 4.79 Å². The second-order valence-electron chi connectivity index (χ2n) is 4.51. The van der Waals surface area contributed by atoms with Crippen molar-refractivity contribution in [1.82, 2.24) is 0 Å². The second-order valence-corrected chi connectivity index (χ2v) is 4.91. The molecule has 0 saturated carbocycles. The molecule has 1 aliphatic rings. The predicted octanol–water partition coefficient (Wildman–Crippen LogP) is 3.35. The fourth-order valence-electron chi connectivity index (χ4n) is 2.22. The Balaban J connectivity index is 2.05. The molecule has 0 atom stereocenters. The van der Waals surface area contributed by atoms with Gasteiger partial charge >= 0.3 is 0 Å². The standard InChI is InChI=1S/C16H13ClO4/c1-19-13-5-3-2-4-10(13)16(18)11-8-14-15(9-12(11)17)21-7-6-20-14/h2-5,8-9H,6-7H2,1H3. The van der Waals surface area contributed by atoms with Crippen LogP contribution >= 0.6 is 11.6 Å². The number of ether oxygens (including phenoxy) is 3. The van der Waals surface area contributed by atoms with Gasteiger partial charge in [-0.2, -0.15) is 0 Å². The van der Waals surface area contributed by atoms with E-state index in [1.807, 2.05) is 0 Å². The Morgan fingerprint density at radius 3 is 2.48 bits per heavy atom. The molecule has 5 heteroatoms. The van der Waals surface area contributed by atoms with Crippen molar-refractivity contribution < 1.29 is 19.0 Å². The van der Waals surface area contributed by atoms with E-state index >= 15 is 0 Å². The van der Waals surface area contributed by atoms with Gasteiger partial charge in [-0.3, -0.25) is 4.79 Å². The summed E-state index contributed by atoms with van der Waals surface area (Å²) in [6.07, 6.45) is 0. The highest BCUT2D eigenvalue weighted by Crippen LogP contribution is 2.36. The lowest BCUT2D eigenvalue weighted by Gasteiger charge is -2.19. The summed E-state index contributed by atoms with van der Waals surface area (Å²) in [5, 5.41) is 0.329. The summed E-state index contributed by atoms with van der Waals surface area (Å²) < 4.78 is 16.2. The summed E-state index contributed by atoms with van der Waals surface area (Å²) in [6.45, 7) is 0.931. The molecule has 1 aliphatic heterocycles. The maximum absolute atomic E-state index is 12.7. The molecule has 0 amide bonds. The summed E-state index contributed by atoms with van der Waals surface area (Å²) in [4.78, 5) is 12.7. The Kier molecular flexibility index (Phi) is 3.71. The molecule has 0 N–H and O–H groups in total. The van der Waals surface area contributed by atoms with Crippen molar-refractivity contribution >= 4 is 17.4 Å². The van der Waals surface area contributed by atoms with E-state index in [0.29, 0.717) is 46.6 Å². The fraction of sp³-hybridized carbons (Fsp3) is 0.188. The van der Waals surface area contributed by atoms with E-state index in [-0.39, 0.29) is 5.78 Å². The number of hydrogen-bond donors (Lipinski definition) is 0. The highest BCUT2D eigenvalue weighted by atomic mass is 35.5. The summed E-state index contributed by atoms with van der Waals surface area (Å²) in [5.74, 6) is 1.38. The summed E-state index contributed by atoms with van der Waals surface area (Å²) in [7, 11) is 1.53. The van der Waals surface area contributed by atoms with Crippen LogP contribution in [-0.4, -0.2) is 26.1 Å². The first-order chi connectivity index (χ1) is 10.2. The summed E-state index contributed by atoms with van der Waals surface area (Å²) >= 11 is 6.20. The zero-order valence-corrected chi connectivity index (χ0v) is 12.1. The minimum atomic E-state index is -0.213. The topological polar surface area (TPSA) is 44.8 Å². The van der Waals surface area contributed by atoms with Crippen LogP contribution in [0.5, 0.6) is 17.2 Å². The van der Waals surface area contributed by atoms with E-state index in [2.05, 4.69) is 0 Å². The first kappa shape index (κ1) is 13.8. The molecule has 0 saturated heterocycles. The normalized spacial score (nSPS) is 12.9. The van der Waals surface area contributed by atoms with Gasteiger partial charge in [-0.15, -0.1) is 0 Å². The smallest absolute Gasteiger partial charge is 0.198 e. The molecular weight excluding hydrogens is 292 g/mol. The van der Waals surface area contributed by atoms with Crippen molar-refractivity contribution in [3.63, 3.8) is 0 Å². The third kappa shape index (κ3) is 2.54. The van der Waals surface area contributed by atoms with Gasteiger partial charge in [0.05, 0.1) is 17.7 Å². The molecule has 3 rings (SSSR count). The lowest BCUT2D eigenvalue weighted by Crippen LogP contribution is -2.16. The zero-order chi connectivity index (χ0) is 14.8. The van der Waals surface area contributed by atoms with Gasteiger partial charge in [0.25, 0.3) is 0 Å². The SMILES string of the molecule is COc1ccccc1C(=O)c1cc2c(cc1Cl)OCCO2. The van der Waals surface area contributed by atoms with Crippen molar-refractivity contribution in [2.75, 3.05) is 20.3 Å². The van der Waals surface area contributed by atoms with Crippen LogP contribution in [0.4, 0.5) is 0 Å². The van der Waals surface area contributed by atoms with Crippen molar-refractivity contribution in [2.24, 2.45) is 0 Å². The van der Waals surface area contributed by atoms with E-state index in [0.717, 1.165) is 0 Å². The highest BCUT2D eigenvalue weighted by Gasteiger charge is 2.21. The molecule has 0 bridgehead atoms. The van der Waals surface area contributed by atoms with Gasteiger partial charge in [0.2, 0.25) is 0 Å². The van der Waals surface area contributed by atoms with Crippen LogP contribution in [-0.2, 0) is 0 Å². The van der Waals surface area contributed by atoms with Gasteiger partial charge in [-0.25, -0.2) is 0 Å². The molecule has 0 spiro atoms. The first-order valence-electron chi connectivity index (χ1n) is 6.47. The van der Waals surface area contributed by atoms with Crippen LogP contribution in [0.25, 0.3) is 0 Å². The van der Waals surface area contributed by atoms with Crippen LogP contribution in [0, 0.1) is 0 Å². The van der Waals surface area contributed by atoms with Gasteiger partial charge in [-0.05, 0) is 18.2 Å². The van der Waals surface area contributed by atoms with Crippen molar-refractivity contribution in [2.45, 2.75) is 0 Å². The van der Waals surface area contributed by atoms with Crippen LogP contribution in [0.15, 0.2) is 36.4 Å². The molecule has 21 heavy (non-hydrogen) atoms. The van der Waals surface area contributed by atoms with Gasteiger partial charge in [0.1, 0.15) is 19.0 Å². The molecule has 0 radical (unpaired) electrons. The molecule has 0 unspecified atom stereocenters. The number of methoxy groups -OCH3 is 1. The van der Waals surface area contributed by atoms with Crippen molar-refractivity contribution in [3.8, 4) is 17.2 Å². The quantitative estimate of drug-likeness (QED) is 0.816. The number of carbonyl (C=O) groups is 1. The monoisotopic (exact) mass is 304 g/mol. The Labute approximate surface area is 127 Å².